The van der Waals surface area contributed by atoms with E-state index in [4.69, 9.17) is 15.2 Å². The molecule has 14 heteroatoms. The first-order valence-corrected chi connectivity index (χ1v) is 12.2. The van der Waals surface area contributed by atoms with E-state index in [2.05, 4.69) is 9.98 Å². The van der Waals surface area contributed by atoms with Crippen LogP contribution in [0.15, 0.2) is 23.2 Å². The molecule has 1 aromatic carbocycles. The molecule has 2 aromatic rings. The summed E-state index contributed by atoms with van der Waals surface area (Å²) >= 11 is 0. The third-order valence-electron chi connectivity index (χ3n) is 6.41. The molecular weight excluding hydrogens is 529 g/mol. The number of hydrogen-bond acceptors (Lipinski definition) is 6. The molecule has 0 aliphatic carbocycles. The van der Waals surface area contributed by atoms with Gasteiger partial charge in [-0.25, -0.2) is 18.6 Å². The zero-order chi connectivity index (χ0) is 28.9. The Hall–Kier alpha value is -3.39. The Morgan fingerprint density at radius 3 is 2.49 bits per heavy atom. The van der Waals surface area contributed by atoms with Gasteiger partial charge in [0.15, 0.2) is 11.9 Å². The number of aromatic nitrogens is 2. The number of carbonyl (C=O) groups is 2. The average molecular weight is 558 g/mol. The zero-order valence-electron chi connectivity index (χ0n) is 21.7. The Kier molecular flexibility index (Phi) is 7.56. The standard InChI is InChI=1S/C25H28F5N5O4/c1-5-35-18-11-34(10-16(18)32-22(35)21(31)36)17-9-15(33-23(37)39-24(2,3)4)19(38-20(17)25(28,29)30)13-8-12(26)6-7-14(13)27/h6-8,17,19-20H,5,9-11H2,1-4H3,(H2,31,36)/b33-15+/t17-,19-,20+/m1/s1. The number of benzene rings is 1. The molecule has 3 heterocycles. The van der Waals surface area contributed by atoms with E-state index in [1.54, 1.807) is 27.7 Å². The first kappa shape index (κ1) is 28.6. The highest BCUT2D eigenvalue weighted by Crippen LogP contribution is 2.42. The Bertz CT molecular complexity index is 1320. The molecule has 3 atom stereocenters. The molecule has 4 rings (SSSR count). The lowest BCUT2D eigenvalue weighted by molar-refractivity contribution is -0.251. The van der Waals surface area contributed by atoms with Crippen LogP contribution in [0.1, 0.15) is 67.8 Å². The molecule has 2 N–H and O–H groups in total. The largest absolute Gasteiger partial charge is 0.442 e. The molecule has 9 nitrogen and oxygen atoms in total. The lowest BCUT2D eigenvalue weighted by atomic mass is 9.91. The summed E-state index contributed by atoms with van der Waals surface area (Å²) < 4.78 is 84.0. The number of hydrogen-bond donors (Lipinski definition) is 1. The van der Waals surface area contributed by atoms with Gasteiger partial charge < -0.3 is 19.8 Å². The number of rotatable bonds is 4. The molecule has 2 amide bonds. The van der Waals surface area contributed by atoms with Gasteiger partial charge in [-0.15, -0.1) is 0 Å². The highest BCUT2D eigenvalue weighted by atomic mass is 19.4. The van der Waals surface area contributed by atoms with Crippen molar-refractivity contribution in [2.24, 2.45) is 10.7 Å². The predicted molar refractivity (Wildman–Crippen MR) is 128 cm³/mol. The van der Waals surface area contributed by atoms with E-state index in [1.807, 2.05) is 0 Å². The fraction of sp³-hybridized carbons (Fsp3) is 0.520. The Labute approximate surface area is 220 Å². The third kappa shape index (κ3) is 5.96. The maximum absolute atomic E-state index is 14.7. The molecule has 1 saturated heterocycles. The van der Waals surface area contributed by atoms with E-state index in [-0.39, 0.29) is 24.6 Å². The highest BCUT2D eigenvalue weighted by Gasteiger charge is 2.54. The number of imidazole rings is 1. The van der Waals surface area contributed by atoms with Gasteiger partial charge in [0.1, 0.15) is 23.3 Å². The first-order valence-electron chi connectivity index (χ1n) is 12.2. The van der Waals surface area contributed by atoms with Crippen molar-refractivity contribution in [2.45, 2.75) is 83.8 Å². The molecule has 1 aromatic heterocycles. The molecule has 0 spiro atoms. The number of halogens is 5. The van der Waals surface area contributed by atoms with Gasteiger partial charge in [0, 0.05) is 31.6 Å². The number of ether oxygens (including phenoxy) is 2. The predicted octanol–water partition coefficient (Wildman–Crippen LogP) is 4.43. The van der Waals surface area contributed by atoms with Crippen LogP contribution in [0.25, 0.3) is 0 Å². The maximum Gasteiger partial charge on any atom is 0.434 e. The summed E-state index contributed by atoms with van der Waals surface area (Å²) in [5, 5.41) is 0. The van der Waals surface area contributed by atoms with Gasteiger partial charge in [-0.2, -0.15) is 18.2 Å². The maximum atomic E-state index is 14.7. The summed E-state index contributed by atoms with van der Waals surface area (Å²) in [4.78, 5) is 33.8. The number of primary amides is 1. The summed E-state index contributed by atoms with van der Waals surface area (Å²) in [6, 6.07) is 0.879. The summed E-state index contributed by atoms with van der Waals surface area (Å²) in [6.07, 6.45) is -10.7. The van der Waals surface area contributed by atoms with Crippen molar-refractivity contribution in [1.82, 2.24) is 14.5 Å². The van der Waals surface area contributed by atoms with Crippen LogP contribution in [0.2, 0.25) is 0 Å². The average Bonchev–Trinajstić information content (AvgIpc) is 3.36. The van der Waals surface area contributed by atoms with Crippen LogP contribution in [-0.2, 0) is 29.1 Å². The minimum Gasteiger partial charge on any atom is -0.442 e. The Morgan fingerprint density at radius 1 is 1.21 bits per heavy atom. The fourth-order valence-electron chi connectivity index (χ4n) is 4.88. The summed E-state index contributed by atoms with van der Waals surface area (Å²) in [5.74, 6) is -2.69. The lowest BCUT2D eigenvalue weighted by Gasteiger charge is -2.42. The van der Waals surface area contributed by atoms with Crippen LogP contribution in [0.3, 0.4) is 0 Å². The normalized spacial score (nSPS) is 23.2. The smallest absolute Gasteiger partial charge is 0.434 e. The van der Waals surface area contributed by atoms with E-state index in [1.165, 1.54) is 9.47 Å². The Balaban J connectivity index is 1.75. The fourth-order valence-corrected chi connectivity index (χ4v) is 4.88. The van der Waals surface area contributed by atoms with Gasteiger partial charge in [-0.05, 0) is 45.9 Å². The lowest BCUT2D eigenvalue weighted by Crippen LogP contribution is -2.55. The number of alkyl halides is 3. The van der Waals surface area contributed by atoms with Crippen molar-refractivity contribution >= 4 is 17.7 Å². The molecule has 1 fully saturated rings. The number of carbonyl (C=O) groups excluding carboxylic acids is 2. The van der Waals surface area contributed by atoms with Gasteiger partial charge in [-0.3, -0.25) is 9.69 Å². The molecule has 0 unspecified atom stereocenters. The molecule has 39 heavy (non-hydrogen) atoms. The van der Waals surface area contributed by atoms with Crippen LogP contribution in [-0.4, -0.2) is 56.1 Å². The van der Waals surface area contributed by atoms with Crippen LogP contribution in [0, 0.1) is 11.6 Å². The molecular formula is C25H28F5N5O4. The summed E-state index contributed by atoms with van der Waals surface area (Å²) in [7, 11) is 0. The van der Waals surface area contributed by atoms with Crippen LogP contribution in [0.5, 0.6) is 0 Å². The number of amides is 2. The van der Waals surface area contributed by atoms with Crippen LogP contribution >= 0.6 is 0 Å². The first-order chi connectivity index (χ1) is 18.1. The van der Waals surface area contributed by atoms with Crippen LogP contribution in [0.4, 0.5) is 26.7 Å². The van der Waals surface area contributed by atoms with Gasteiger partial charge in [-0.1, -0.05) is 0 Å². The monoisotopic (exact) mass is 557 g/mol. The van der Waals surface area contributed by atoms with Gasteiger partial charge in [0.05, 0.1) is 23.1 Å². The second-order valence-electron chi connectivity index (χ2n) is 10.3. The van der Waals surface area contributed by atoms with Crippen molar-refractivity contribution < 1.29 is 41.0 Å². The third-order valence-corrected chi connectivity index (χ3v) is 6.41. The minimum atomic E-state index is -4.91. The van der Waals surface area contributed by atoms with Gasteiger partial charge in [0.2, 0.25) is 0 Å². The zero-order valence-corrected chi connectivity index (χ0v) is 21.7. The van der Waals surface area contributed by atoms with E-state index >= 15 is 0 Å². The van der Waals surface area contributed by atoms with E-state index in [0.717, 1.165) is 12.1 Å². The summed E-state index contributed by atoms with van der Waals surface area (Å²) in [5.41, 5.74) is 4.55. The van der Waals surface area contributed by atoms with Crippen molar-refractivity contribution in [2.75, 3.05) is 0 Å². The Morgan fingerprint density at radius 2 is 1.90 bits per heavy atom. The van der Waals surface area contributed by atoms with Crippen molar-refractivity contribution in [3.05, 3.63) is 52.6 Å². The number of fused-ring (bicyclic) bond motifs is 1. The van der Waals surface area contributed by atoms with Crippen molar-refractivity contribution in [3.8, 4) is 0 Å². The summed E-state index contributed by atoms with van der Waals surface area (Å²) in [6.45, 7) is 6.68. The second kappa shape index (κ2) is 10.3. The molecule has 0 radical (unpaired) electrons. The van der Waals surface area contributed by atoms with E-state index in [9.17, 15) is 31.5 Å². The minimum absolute atomic E-state index is 0.00300. The topological polar surface area (TPSA) is 112 Å². The van der Waals surface area contributed by atoms with Gasteiger partial charge in [0.25, 0.3) is 5.91 Å². The number of aliphatic imine (C=N–C) groups is 1. The van der Waals surface area contributed by atoms with Gasteiger partial charge >= 0.3 is 12.3 Å². The van der Waals surface area contributed by atoms with Crippen molar-refractivity contribution in [3.63, 3.8) is 0 Å². The highest BCUT2D eigenvalue weighted by molar-refractivity contribution is 5.98. The number of nitrogens with two attached hydrogens (primary N) is 1. The SMILES string of the molecule is CCn1c(C(N)=O)nc2c1CN([C@@H]1C/C(=N\C(=O)OC(C)(C)C)[C@@H](c3cc(F)ccc3F)O[C@@H]1C(F)(F)F)C2. The second-order valence-corrected chi connectivity index (χ2v) is 10.3. The van der Waals surface area contributed by atoms with Crippen molar-refractivity contribution in [1.29, 1.82) is 0 Å². The molecule has 2 aliphatic rings. The quantitative estimate of drug-likeness (QED) is 0.557. The molecule has 212 valence electrons. The van der Waals surface area contributed by atoms with Crippen LogP contribution < -0.4 is 5.73 Å². The number of nitrogens with zero attached hydrogens (tertiary/aromatic N) is 4. The molecule has 0 saturated carbocycles. The van der Waals surface area contributed by atoms with E-state index < -0.39 is 65.6 Å². The molecule has 0 bridgehead atoms. The molecule has 2 aliphatic heterocycles. The van der Waals surface area contributed by atoms with E-state index in [0.29, 0.717) is 24.0 Å².